The molecule has 20 heavy (non-hydrogen) atoms. The topological polar surface area (TPSA) is 41.9 Å². The molecule has 4 nitrogen and oxygen atoms in total. The van der Waals surface area contributed by atoms with Crippen LogP contribution in [0.3, 0.4) is 0 Å². The van der Waals surface area contributed by atoms with Crippen molar-refractivity contribution in [2.45, 2.75) is 6.42 Å². The quantitative estimate of drug-likeness (QED) is 0.856. The third-order valence-electron chi connectivity index (χ3n) is 3.21. The molecule has 3 rings (SSSR count). The van der Waals surface area contributed by atoms with Crippen LogP contribution in [-0.4, -0.2) is 19.2 Å². The standard InChI is InChI=1S/C16H14N2O2/c1-20-15-7-5-12(6-8-15)13-3-2-4-14(11-13)18-16(19)9-10-17-18/h2-8,10-11H,9H2,1H3. The van der Waals surface area contributed by atoms with Gasteiger partial charge in [0.1, 0.15) is 5.75 Å². The van der Waals surface area contributed by atoms with Gasteiger partial charge in [-0.25, -0.2) is 5.01 Å². The Morgan fingerprint density at radius 1 is 1.10 bits per heavy atom. The molecule has 0 fully saturated rings. The second-order valence-electron chi connectivity index (χ2n) is 4.49. The second-order valence-corrected chi connectivity index (χ2v) is 4.49. The largest absolute Gasteiger partial charge is 0.497 e. The molecule has 0 aliphatic carbocycles. The maximum atomic E-state index is 11.7. The summed E-state index contributed by atoms with van der Waals surface area (Å²) >= 11 is 0. The van der Waals surface area contributed by atoms with E-state index in [0.717, 1.165) is 22.6 Å². The third kappa shape index (κ3) is 2.28. The zero-order chi connectivity index (χ0) is 13.9. The minimum atomic E-state index is -0.00289. The van der Waals surface area contributed by atoms with Crippen LogP contribution >= 0.6 is 0 Å². The highest BCUT2D eigenvalue weighted by Crippen LogP contribution is 2.27. The smallest absolute Gasteiger partial charge is 0.252 e. The van der Waals surface area contributed by atoms with Crippen LogP contribution in [0.5, 0.6) is 5.75 Å². The Kier molecular flexibility index (Phi) is 3.21. The van der Waals surface area contributed by atoms with Gasteiger partial charge in [0.25, 0.3) is 5.91 Å². The van der Waals surface area contributed by atoms with Gasteiger partial charge in [-0.3, -0.25) is 4.79 Å². The van der Waals surface area contributed by atoms with E-state index in [0.29, 0.717) is 6.42 Å². The lowest BCUT2D eigenvalue weighted by Crippen LogP contribution is -2.19. The summed E-state index contributed by atoms with van der Waals surface area (Å²) in [4.78, 5) is 11.7. The summed E-state index contributed by atoms with van der Waals surface area (Å²) in [6, 6.07) is 15.6. The van der Waals surface area contributed by atoms with Gasteiger partial charge in [-0.1, -0.05) is 24.3 Å². The number of hydrogen-bond donors (Lipinski definition) is 0. The molecule has 0 spiro atoms. The van der Waals surface area contributed by atoms with Crippen molar-refractivity contribution in [2.24, 2.45) is 5.10 Å². The maximum absolute atomic E-state index is 11.7. The summed E-state index contributed by atoms with van der Waals surface area (Å²) in [5.41, 5.74) is 2.90. The van der Waals surface area contributed by atoms with Crippen LogP contribution in [-0.2, 0) is 4.79 Å². The van der Waals surface area contributed by atoms with Crippen LogP contribution < -0.4 is 9.75 Å². The van der Waals surface area contributed by atoms with E-state index in [9.17, 15) is 4.79 Å². The molecule has 100 valence electrons. The van der Waals surface area contributed by atoms with Crippen LogP contribution in [0, 0.1) is 0 Å². The molecule has 2 aromatic rings. The van der Waals surface area contributed by atoms with Crippen molar-refractivity contribution < 1.29 is 9.53 Å². The zero-order valence-electron chi connectivity index (χ0n) is 11.1. The third-order valence-corrected chi connectivity index (χ3v) is 3.21. The Morgan fingerprint density at radius 2 is 1.90 bits per heavy atom. The summed E-state index contributed by atoms with van der Waals surface area (Å²) in [5.74, 6) is 0.820. The number of amides is 1. The van der Waals surface area contributed by atoms with E-state index in [4.69, 9.17) is 4.74 Å². The molecule has 0 N–H and O–H groups in total. The van der Waals surface area contributed by atoms with E-state index >= 15 is 0 Å². The number of nitrogens with zero attached hydrogens (tertiary/aromatic N) is 2. The molecule has 0 unspecified atom stereocenters. The number of hydrazone groups is 1. The minimum Gasteiger partial charge on any atom is -0.497 e. The fourth-order valence-corrected chi connectivity index (χ4v) is 2.16. The number of anilines is 1. The first-order chi connectivity index (χ1) is 9.78. The van der Waals surface area contributed by atoms with Crippen molar-refractivity contribution in [1.82, 2.24) is 0 Å². The summed E-state index contributed by atoms with van der Waals surface area (Å²) in [6.07, 6.45) is 2.00. The van der Waals surface area contributed by atoms with Crippen molar-refractivity contribution in [1.29, 1.82) is 0 Å². The molecule has 0 atom stereocenters. The fraction of sp³-hybridized carbons (Fsp3) is 0.125. The van der Waals surface area contributed by atoms with Gasteiger partial charge in [-0.05, 0) is 35.4 Å². The van der Waals surface area contributed by atoms with E-state index in [1.165, 1.54) is 5.01 Å². The average molecular weight is 266 g/mol. The summed E-state index contributed by atoms with van der Waals surface area (Å²) in [5, 5.41) is 5.53. The van der Waals surface area contributed by atoms with Crippen LogP contribution in [0.1, 0.15) is 6.42 Å². The molecular weight excluding hydrogens is 252 g/mol. The minimum absolute atomic E-state index is 0.00289. The highest BCUT2D eigenvalue weighted by Gasteiger charge is 2.18. The number of benzene rings is 2. The summed E-state index contributed by atoms with van der Waals surface area (Å²) in [6.45, 7) is 0. The number of methoxy groups -OCH3 is 1. The summed E-state index contributed by atoms with van der Waals surface area (Å²) < 4.78 is 5.15. The lowest BCUT2D eigenvalue weighted by molar-refractivity contribution is -0.116. The van der Waals surface area contributed by atoms with Gasteiger partial charge in [-0.15, -0.1) is 0 Å². The molecule has 1 amide bonds. The monoisotopic (exact) mass is 266 g/mol. The molecule has 2 aromatic carbocycles. The van der Waals surface area contributed by atoms with Gasteiger partial charge in [0.05, 0.1) is 19.2 Å². The van der Waals surface area contributed by atoms with E-state index in [1.54, 1.807) is 13.3 Å². The Bertz CT molecular complexity index is 662. The highest BCUT2D eigenvalue weighted by molar-refractivity contribution is 6.05. The number of rotatable bonds is 3. The zero-order valence-corrected chi connectivity index (χ0v) is 11.1. The number of hydrogen-bond acceptors (Lipinski definition) is 3. The predicted octanol–water partition coefficient (Wildman–Crippen LogP) is 3.08. The first kappa shape index (κ1) is 12.4. The molecule has 0 radical (unpaired) electrons. The molecular formula is C16H14N2O2. The van der Waals surface area contributed by atoms with Crippen molar-refractivity contribution in [2.75, 3.05) is 12.1 Å². The van der Waals surface area contributed by atoms with Gasteiger partial charge in [-0.2, -0.15) is 5.10 Å². The maximum Gasteiger partial charge on any atom is 0.252 e. The summed E-state index contributed by atoms with van der Waals surface area (Å²) in [7, 11) is 1.65. The van der Waals surface area contributed by atoms with Gasteiger partial charge in [0.2, 0.25) is 0 Å². The Morgan fingerprint density at radius 3 is 2.55 bits per heavy atom. The van der Waals surface area contributed by atoms with Crippen LogP contribution in [0.4, 0.5) is 5.69 Å². The van der Waals surface area contributed by atoms with Crippen molar-refractivity contribution in [3.63, 3.8) is 0 Å². The molecule has 0 aromatic heterocycles. The average Bonchev–Trinajstić information content (AvgIpc) is 2.94. The van der Waals surface area contributed by atoms with E-state index < -0.39 is 0 Å². The van der Waals surface area contributed by atoms with Gasteiger partial charge >= 0.3 is 0 Å². The molecule has 0 bridgehead atoms. The van der Waals surface area contributed by atoms with E-state index in [2.05, 4.69) is 5.10 Å². The first-order valence-corrected chi connectivity index (χ1v) is 6.38. The normalized spacial score (nSPS) is 13.8. The van der Waals surface area contributed by atoms with Crippen LogP contribution in [0.15, 0.2) is 53.6 Å². The molecule has 1 aliphatic heterocycles. The van der Waals surface area contributed by atoms with Crippen molar-refractivity contribution in [3.05, 3.63) is 48.5 Å². The van der Waals surface area contributed by atoms with Gasteiger partial charge < -0.3 is 4.74 Å². The SMILES string of the molecule is COc1ccc(-c2cccc(N3N=CCC3=O)c2)cc1. The van der Waals surface area contributed by atoms with E-state index in [-0.39, 0.29) is 5.91 Å². The first-order valence-electron chi connectivity index (χ1n) is 6.38. The number of ether oxygens (including phenoxy) is 1. The van der Waals surface area contributed by atoms with Crippen LogP contribution in [0.25, 0.3) is 11.1 Å². The molecule has 1 aliphatic rings. The van der Waals surface area contributed by atoms with Gasteiger partial charge in [0.15, 0.2) is 0 Å². The highest BCUT2D eigenvalue weighted by atomic mass is 16.5. The molecule has 4 heteroatoms. The Labute approximate surface area is 117 Å². The van der Waals surface area contributed by atoms with Crippen molar-refractivity contribution in [3.8, 4) is 16.9 Å². The molecule has 1 heterocycles. The molecule has 0 saturated carbocycles. The second kappa shape index (κ2) is 5.17. The number of carbonyl (C=O) groups is 1. The lowest BCUT2D eigenvalue weighted by atomic mass is 10.0. The Balaban J connectivity index is 1.94. The number of carbonyl (C=O) groups excluding carboxylic acids is 1. The molecule has 0 saturated heterocycles. The lowest BCUT2D eigenvalue weighted by Gasteiger charge is -2.13. The Hall–Kier alpha value is -2.62. The van der Waals surface area contributed by atoms with Crippen molar-refractivity contribution >= 4 is 17.8 Å². The van der Waals surface area contributed by atoms with Gasteiger partial charge in [0, 0.05) is 6.21 Å². The fourth-order valence-electron chi connectivity index (χ4n) is 2.16. The van der Waals surface area contributed by atoms with E-state index in [1.807, 2.05) is 48.5 Å². The predicted molar refractivity (Wildman–Crippen MR) is 79.0 cm³/mol. The van der Waals surface area contributed by atoms with Crippen LogP contribution in [0.2, 0.25) is 0 Å².